The second kappa shape index (κ2) is 5.71. The van der Waals surface area contributed by atoms with E-state index < -0.39 is 11.2 Å². The number of aromatic hydroxyl groups is 1. The van der Waals surface area contributed by atoms with Gasteiger partial charge in [0.1, 0.15) is 5.75 Å². The first-order valence-electron chi connectivity index (χ1n) is 8.62. The van der Waals surface area contributed by atoms with E-state index in [0.717, 1.165) is 16.9 Å². The third kappa shape index (κ3) is 2.21. The van der Waals surface area contributed by atoms with Crippen LogP contribution in [0.1, 0.15) is 0 Å². The van der Waals surface area contributed by atoms with Crippen molar-refractivity contribution in [1.29, 1.82) is 0 Å². The lowest BCUT2D eigenvalue weighted by Crippen LogP contribution is -2.28. The Hall–Kier alpha value is -4.07. The molecule has 0 fully saturated rings. The van der Waals surface area contributed by atoms with Crippen LogP contribution in [-0.4, -0.2) is 28.6 Å². The van der Waals surface area contributed by atoms with Gasteiger partial charge in [-0.3, -0.25) is 23.3 Å². The first kappa shape index (κ1) is 16.1. The Morgan fingerprint density at radius 1 is 1.00 bits per heavy atom. The van der Waals surface area contributed by atoms with E-state index in [4.69, 9.17) is 0 Å². The number of phenols is 1. The van der Waals surface area contributed by atoms with Crippen LogP contribution in [0.2, 0.25) is 0 Å². The minimum absolute atomic E-state index is 0.153. The minimum Gasteiger partial charge on any atom is -0.508 e. The van der Waals surface area contributed by atoms with Crippen molar-refractivity contribution in [3.8, 4) is 22.7 Å². The second-order valence-electron chi connectivity index (χ2n) is 6.50. The van der Waals surface area contributed by atoms with Gasteiger partial charge in [0.15, 0.2) is 11.2 Å². The number of imidazole rings is 2. The van der Waals surface area contributed by atoms with Crippen LogP contribution in [0.4, 0.5) is 0 Å². The molecule has 8 nitrogen and oxygen atoms in total. The van der Waals surface area contributed by atoms with E-state index in [1.165, 1.54) is 4.57 Å². The number of H-pyrrole nitrogens is 1. The van der Waals surface area contributed by atoms with Crippen LogP contribution < -0.4 is 11.2 Å². The molecule has 0 unspecified atom stereocenters. The highest BCUT2D eigenvalue weighted by Crippen LogP contribution is 2.29. The number of hydrogen-bond donors (Lipinski definition) is 2. The molecule has 0 saturated heterocycles. The van der Waals surface area contributed by atoms with Gasteiger partial charge >= 0.3 is 5.69 Å². The lowest BCUT2D eigenvalue weighted by molar-refractivity contribution is 0.475. The van der Waals surface area contributed by atoms with Gasteiger partial charge < -0.3 is 5.11 Å². The summed E-state index contributed by atoms with van der Waals surface area (Å²) in [6.45, 7) is 0. The Bertz CT molecular complexity index is 1450. The van der Waals surface area contributed by atoms with Gasteiger partial charge in [-0.05, 0) is 24.3 Å². The van der Waals surface area contributed by atoms with Gasteiger partial charge in [0, 0.05) is 24.5 Å². The zero-order chi connectivity index (χ0) is 19.4. The molecule has 0 bridgehead atoms. The third-order valence-corrected chi connectivity index (χ3v) is 4.80. The summed E-state index contributed by atoms with van der Waals surface area (Å²) in [4.78, 5) is 31.4. The molecule has 138 valence electrons. The SMILES string of the molecule is Cn1c(=O)[nH]c(=O)c2c1nc1n(-c3ccc(O)cc3)c(-c3ccccc3)cn21. The van der Waals surface area contributed by atoms with Gasteiger partial charge in [-0.25, -0.2) is 4.79 Å². The number of fused-ring (bicyclic) bond motifs is 3. The lowest BCUT2D eigenvalue weighted by atomic mass is 10.1. The molecule has 2 N–H and O–H groups in total. The molecule has 5 aromatic rings. The molecule has 0 aliphatic rings. The quantitative estimate of drug-likeness (QED) is 0.495. The molecular weight excluding hydrogens is 358 g/mol. The van der Waals surface area contributed by atoms with Crippen molar-refractivity contribution in [2.24, 2.45) is 7.05 Å². The summed E-state index contributed by atoms with van der Waals surface area (Å²) in [5.74, 6) is 0.645. The average Bonchev–Trinajstić information content (AvgIpc) is 3.24. The van der Waals surface area contributed by atoms with Gasteiger partial charge in [0.25, 0.3) is 5.56 Å². The monoisotopic (exact) mass is 373 g/mol. The van der Waals surface area contributed by atoms with Crippen LogP contribution in [0, 0.1) is 0 Å². The summed E-state index contributed by atoms with van der Waals surface area (Å²) in [6.07, 6.45) is 1.83. The molecule has 0 saturated carbocycles. The van der Waals surface area contributed by atoms with Crippen LogP contribution in [0.15, 0.2) is 70.4 Å². The normalized spacial score (nSPS) is 11.5. The predicted octanol–water partition coefficient (Wildman–Crippen LogP) is 2.04. The summed E-state index contributed by atoms with van der Waals surface area (Å²) >= 11 is 0. The summed E-state index contributed by atoms with van der Waals surface area (Å²) in [7, 11) is 1.57. The van der Waals surface area contributed by atoms with Crippen molar-refractivity contribution in [2.45, 2.75) is 0 Å². The van der Waals surface area contributed by atoms with Crippen LogP contribution in [0.5, 0.6) is 5.75 Å². The Labute approximate surface area is 157 Å². The van der Waals surface area contributed by atoms with Crippen LogP contribution in [0.25, 0.3) is 33.9 Å². The molecular formula is C20H15N5O3. The van der Waals surface area contributed by atoms with E-state index in [2.05, 4.69) is 9.97 Å². The van der Waals surface area contributed by atoms with Gasteiger partial charge in [-0.15, -0.1) is 0 Å². The number of nitrogens with one attached hydrogen (secondary N) is 1. The van der Waals surface area contributed by atoms with Crippen LogP contribution >= 0.6 is 0 Å². The highest BCUT2D eigenvalue weighted by molar-refractivity contribution is 5.79. The zero-order valence-corrected chi connectivity index (χ0v) is 14.8. The topological polar surface area (TPSA) is 97.3 Å². The van der Waals surface area contributed by atoms with Gasteiger partial charge in [-0.1, -0.05) is 30.3 Å². The second-order valence-corrected chi connectivity index (χ2v) is 6.50. The zero-order valence-electron chi connectivity index (χ0n) is 14.8. The fraction of sp³-hybridized carbons (Fsp3) is 0.0500. The van der Waals surface area contributed by atoms with Crippen molar-refractivity contribution in [3.63, 3.8) is 0 Å². The maximum atomic E-state index is 12.5. The van der Waals surface area contributed by atoms with Gasteiger partial charge in [0.05, 0.1) is 5.69 Å². The molecule has 8 heteroatoms. The highest BCUT2D eigenvalue weighted by atomic mass is 16.3. The molecule has 0 aliphatic carbocycles. The van der Waals surface area contributed by atoms with Gasteiger partial charge in [0.2, 0.25) is 5.78 Å². The van der Waals surface area contributed by atoms with Crippen molar-refractivity contribution in [2.75, 3.05) is 0 Å². The summed E-state index contributed by atoms with van der Waals surface area (Å²) < 4.78 is 4.88. The van der Waals surface area contributed by atoms with E-state index in [-0.39, 0.29) is 5.75 Å². The van der Waals surface area contributed by atoms with E-state index >= 15 is 0 Å². The standard InChI is InChI=1S/C20H15N5O3/c1-23-17-16(18(27)22-20(23)28)24-11-15(12-5-3-2-4-6-12)25(19(24)21-17)13-7-9-14(26)10-8-13/h2-11,26H,1H3,(H,22,27,28). The lowest BCUT2D eigenvalue weighted by Gasteiger charge is -2.09. The molecule has 0 radical (unpaired) electrons. The van der Waals surface area contributed by atoms with E-state index in [1.54, 1.807) is 35.7 Å². The van der Waals surface area contributed by atoms with E-state index in [0.29, 0.717) is 16.9 Å². The molecule has 2 aromatic carbocycles. The first-order valence-corrected chi connectivity index (χ1v) is 8.62. The molecule has 3 heterocycles. The van der Waals surface area contributed by atoms with Crippen molar-refractivity contribution >= 4 is 16.9 Å². The first-order chi connectivity index (χ1) is 13.5. The van der Waals surface area contributed by atoms with Crippen LogP contribution in [0.3, 0.4) is 0 Å². The van der Waals surface area contributed by atoms with Crippen molar-refractivity contribution < 1.29 is 5.11 Å². The van der Waals surface area contributed by atoms with Crippen molar-refractivity contribution in [1.82, 2.24) is 23.5 Å². The average molecular weight is 373 g/mol. The molecule has 0 amide bonds. The molecule has 5 rings (SSSR count). The maximum absolute atomic E-state index is 12.5. The summed E-state index contributed by atoms with van der Waals surface area (Å²) in [5.41, 5.74) is 2.12. The number of hydrogen-bond acceptors (Lipinski definition) is 4. The third-order valence-electron chi connectivity index (χ3n) is 4.80. The largest absolute Gasteiger partial charge is 0.508 e. The summed E-state index contributed by atoms with van der Waals surface area (Å²) in [6, 6.07) is 16.4. The molecule has 0 spiro atoms. The fourth-order valence-corrected chi connectivity index (χ4v) is 3.43. The fourth-order valence-electron chi connectivity index (χ4n) is 3.43. The Kier molecular flexibility index (Phi) is 3.29. The molecule has 0 atom stereocenters. The summed E-state index contributed by atoms with van der Waals surface area (Å²) in [5, 5.41) is 9.66. The maximum Gasteiger partial charge on any atom is 0.329 e. The van der Waals surface area contributed by atoms with Crippen LogP contribution in [-0.2, 0) is 7.05 Å². The van der Waals surface area contributed by atoms with E-state index in [1.807, 2.05) is 41.1 Å². The van der Waals surface area contributed by atoms with Crippen molar-refractivity contribution in [3.05, 3.63) is 81.6 Å². The number of aromatic amines is 1. The highest BCUT2D eigenvalue weighted by Gasteiger charge is 2.20. The number of nitrogens with zero attached hydrogens (tertiary/aromatic N) is 4. The molecule has 3 aromatic heterocycles. The number of benzene rings is 2. The number of phenolic OH excluding ortho intramolecular Hbond substituents is 1. The molecule has 0 aliphatic heterocycles. The number of aryl methyl sites for hydroxylation is 1. The van der Waals surface area contributed by atoms with Gasteiger partial charge in [-0.2, -0.15) is 4.98 Å². The number of rotatable bonds is 2. The Balaban J connectivity index is 1.96. The minimum atomic E-state index is -0.516. The predicted molar refractivity (Wildman–Crippen MR) is 105 cm³/mol. The molecule has 28 heavy (non-hydrogen) atoms. The Morgan fingerprint density at radius 3 is 2.43 bits per heavy atom. The van der Waals surface area contributed by atoms with E-state index in [9.17, 15) is 14.7 Å². The smallest absolute Gasteiger partial charge is 0.329 e. The number of aromatic nitrogens is 5. The Morgan fingerprint density at radius 2 is 1.71 bits per heavy atom.